The number of benzene rings is 2. The number of hydrogen-bond donors (Lipinski definition) is 1. The summed E-state index contributed by atoms with van der Waals surface area (Å²) in [5.41, 5.74) is 1.01. The number of nitrogens with one attached hydrogen (secondary N) is 1. The molecule has 2 aromatic carbocycles. The van der Waals surface area contributed by atoms with Gasteiger partial charge in [0.25, 0.3) is 5.91 Å². The number of carbonyl (C=O) groups is 4. The van der Waals surface area contributed by atoms with Crippen molar-refractivity contribution in [3.8, 4) is 5.75 Å². The summed E-state index contributed by atoms with van der Waals surface area (Å²) >= 11 is 1.20. The highest BCUT2D eigenvalue weighted by Crippen LogP contribution is 2.29. The zero-order valence-electron chi connectivity index (χ0n) is 17.6. The molecule has 0 fully saturated rings. The molecule has 0 spiro atoms. The van der Waals surface area contributed by atoms with Gasteiger partial charge in [-0.15, -0.1) is 0 Å². The number of rotatable bonds is 10. The van der Waals surface area contributed by atoms with Crippen molar-refractivity contribution in [1.29, 1.82) is 0 Å². The van der Waals surface area contributed by atoms with E-state index in [1.54, 1.807) is 48.5 Å². The number of methoxy groups -OCH3 is 1. The van der Waals surface area contributed by atoms with E-state index < -0.39 is 35.8 Å². The third kappa shape index (κ3) is 5.76. The molecule has 0 aliphatic carbocycles. The summed E-state index contributed by atoms with van der Waals surface area (Å²) in [5.74, 6) is -3.08. The zero-order valence-corrected chi connectivity index (χ0v) is 18.4. The molecule has 1 heterocycles. The Kier molecular flexibility index (Phi) is 7.67. The van der Waals surface area contributed by atoms with E-state index in [-0.39, 0.29) is 11.6 Å². The minimum absolute atomic E-state index is 0.255. The molecule has 1 aromatic heterocycles. The van der Waals surface area contributed by atoms with Gasteiger partial charge in [0, 0.05) is 17.9 Å². The number of carbonyl (C=O) groups excluding carboxylic acids is 4. The predicted octanol–water partition coefficient (Wildman–Crippen LogP) is 3.65. The molecule has 9 heteroatoms. The van der Waals surface area contributed by atoms with Gasteiger partial charge in [0.1, 0.15) is 5.75 Å². The number of Topliss-reactive ketones (excluding diaryl/α,β-unsaturated/α-hetero) is 2. The van der Waals surface area contributed by atoms with Gasteiger partial charge in [0.05, 0.1) is 30.4 Å². The van der Waals surface area contributed by atoms with Gasteiger partial charge in [-0.1, -0.05) is 41.7 Å². The minimum Gasteiger partial charge on any atom is -0.494 e. The molecule has 3 aromatic rings. The Morgan fingerprint density at radius 3 is 2.50 bits per heavy atom. The van der Waals surface area contributed by atoms with Crippen LogP contribution in [0.1, 0.15) is 30.1 Å². The van der Waals surface area contributed by atoms with Crippen molar-refractivity contribution in [2.24, 2.45) is 5.92 Å². The van der Waals surface area contributed by atoms with E-state index in [9.17, 15) is 19.2 Å². The Labute approximate surface area is 188 Å². The predicted molar refractivity (Wildman–Crippen MR) is 120 cm³/mol. The second kappa shape index (κ2) is 10.6. The first-order valence-electron chi connectivity index (χ1n) is 9.95. The number of fused-ring (bicyclic) bond motifs is 1. The standard InChI is InChI=1S/C23H22N2O6S/c1-3-31-16-9-10-17-19(13-16)32-23(24-17)25-22(29)18(26)11-15(12-20(27)30-2)21(28)14-7-5-4-6-8-14/h4-10,13,15H,3,11-12H2,1-2H3,(H,24,25,29)/t15-/m0/s1. The highest BCUT2D eigenvalue weighted by atomic mass is 32.1. The quantitative estimate of drug-likeness (QED) is 0.283. The Bertz CT molecular complexity index is 1140. The van der Waals surface area contributed by atoms with Crippen LogP contribution in [0.25, 0.3) is 10.2 Å². The molecule has 32 heavy (non-hydrogen) atoms. The molecule has 0 aliphatic rings. The third-order valence-electron chi connectivity index (χ3n) is 4.65. The van der Waals surface area contributed by atoms with Crippen LogP contribution in [0.3, 0.4) is 0 Å². The van der Waals surface area contributed by atoms with Gasteiger partial charge in [0.15, 0.2) is 10.9 Å². The van der Waals surface area contributed by atoms with Crippen molar-refractivity contribution in [2.45, 2.75) is 19.8 Å². The molecular weight excluding hydrogens is 432 g/mol. The lowest BCUT2D eigenvalue weighted by Gasteiger charge is -2.14. The average molecular weight is 455 g/mol. The molecule has 8 nitrogen and oxygen atoms in total. The molecule has 0 unspecified atom stereocenters. The summed E-state index contributed by atoms with van der Waals surface area (Å²) in [4.78, 5) is 53.9. The Morgan fingerprint density at radius 2 is 1.81 bits per heavy atom. The number of nitrogens with zero attached hydrogens (tertiary/aromatic N) is 1. The lowest BCUT2D eigenvalue weighted by atomic mass is 9.90. The van der Waals surface area contributed by atoms with Gasteiger partial charge in [-0.3, -0.25) is 24.5 Å². The average Bonchev–Trinajstić information content (AvgIpc) is 3.20. The number of hydrogen-bond acceptors (Lipinski definition) is 8. The van der Waals surface area contributed by atoms with Crippen molar-refractivity contribution in [2.75, 3.05) is 19.0 Å². The number of ether oxygens (including phenoxy) is 2. The summed E-state index contributed by atoms with van der Waals surface area (Å²) < 4.78 is 10.9. The van der Waals surface area contributed by atoms with Crippen LogP contribution in [0, 0.1) is 5.92 Å². The first-order valence-corrected chi connectivity index (χ1v) is 10.8. The van der Waals surface area contributed by atoms with E-state index in [1.165, 1.54) is 18.4 Å². The van der Waals surface area contributed by atoms with Crippen molar-refractivity contribution in [3.63, 3.8) is 0 Å². The second-order valence-electron chi connectivity index (χ2n) is 6.87. The monoisotopic (exact) mass is 454 g/mol. The summed E-state index contributed by atoms with van der Waals surface area (Å²) in [7, 11) is 1.20. The molecule has 0 saturated carbocycles. The number of ketones is 2. The van der Waals surface area contributed by atoms with Crippen LogP contribution < -0.4 is 10.1 Å². The van der Waals surface area contributed by atoms with Crippen molar-refractivity contribution in [1.82, 2.24) is 4.98 Å². The highest BCUT2D eigenvalue weighted by Gasteiger charge is 2.29. The topological polar surface area (TPSA) is 112 Å². The van der Waals surface area contributed by atoms with Crippen LogP contribution in [0.2, 0.25) is 0 Å². The van der Waals surface area contributed by atoms with Gasteiger partial charge in [-0.25, -0.2) is 4.98 Å². The van der Waals surface area contributed by atoms with Gasteiger partial charge < -0.3 is 9.47 Å². The summed E-state index contributed by atoms with van der Waals surface area (Å²) in [6.45, 7) is 2.40. The van der Waals surface area contributed by atoms with Gasteiger partial charge >= 0.3 is 5.97 Å². The Balaban J connectivity index is 1.71. The largest absolute Gasteiger partial charge is 0.494 e. The van der Waals surface area contributed by atoms with Crippen molar-refractivity contribution in [3.05, 3.63) is 54.1 Å². The zero-order chi connectivity index (χ0) is 23.1. The smallest absolute Gasteiger partial charge is 0.306 e. The van der Waals surface area contributed by atoms with Crippen LogP contribution in [0.4, 0.5) is 5.13 Å². The fourth-order valence-corrected chi connectivity index (χ4v) is 3.97. The first-order chi connectivity index (χ1) is 15.4. The van der Waals surface area contributed by atoms with Gasteiger partial charge in [0.2, 0.25) is 5.78 Å². The lowest BCUT2D eigenvalue weighted by Crippen LogP contribution is -2.29. The molecule has 3 rings (SSSR count). The van der Waals surface area contributed by atoms with E-state index in [1.807, 2.05) is 6.92 Å². The molecule has 0 aliphatic heterocycles. The maximum Gasteiger partial charge on any atom is 0.306 e. The first kappa shape index (κ1) is 23.1. The van der Waals surface area contributed by atoms with Crippen molar-refractivity contribution < 1.29 is 28.7 Å². The second-order valence-corrected chi connectivity index (χ2v) is 7.90. The lowest BCUT2D eigenvalue weighted by molar-refractivity contribution is -0.142. The molecule has 0 radical (unpaired) electrons. The molecule has 0 bridgehead atoms. The number of esters is 1. The molecular formula is C23H22N2O6S. The molecule has 166 valence electrons. The van der Waals surface area contributed by atoms with E-state index in [0.717, 1.165) is 4.70 Å². The van der Waals surface area contributed by atoms with E-state index in [2.05, 4.69) is 15.0 Å². The highest BCUT2D eigenvalue weighted by molar-refractivity contribution is 7.22. The van der Waals surface area contributed by atoms with E-state index >= 15 is 0 Å². The fraction of sp³-hybridized carbons (Fsp3) is 0.261. The summed E-state index contributed by atoms with van der Waals surface area (Å²) in [6, 6.07) is 13.6. The number of thiazole rings is 1. The van der Waals surface area contributed by atoms with Crippen LogP contribution in [0.5, 0.6) is 5.75 Å². The van der Waals surface area contributed by atoms with Gasteiger partial charge in [-0.05, 0) is 25.1 Å². The normalized spacial score (nSPS) is 11.6. The van der Waals surface area contributed by atoms with E-state index in [0.29, 0.717) is 23.4 Å². The maximum absolute atomic E-state index is 12.8. The van der Waals surface area contributed by atoms with Crippen molar-refractivity contribution >= 4 is 50.1 Å². The van der Waals surface area contributed by atoms with Crippen LogP contribution in [-0.2, 0) is 19.1 Å². The molecule has 1 amide bonds. The Morgan fingerprint density at radius 1 is 1.06 bits per heavy atom. The number of anilines is 1. The summed E-state index contributed by atoms with van der Waals surface area (Å²) in [5, 5.41) is 2.74. The van der Waals surface area contributed by atoms with Crippen LogP contribution in [-0.4, -0.2) is 42.1 Å². The Hall–Kier alpha value is -3.59. The van der Waals surface area contributed by atoms with Crippen LogP contribution in [0.15, 0.2) is 48.5 Å². The molecule has 1 N–H and O–H groups in total. The minimum atomic E-state index is -1.01. The van der Waals surface area contributed by atoms with E-state index in [4.69, 9.17) is 4.74 Å². The number of aromatic nitrogens is 1. The SMILES string of the molecule is CCOc1ccc2nc(NC(=O)C(=O)C[C@@H](CC(=O)OC)C(=O)c3ccccc3)sc2c1. The van der Waals surface area contributed by atoms with Gasteiger partial charge in [-0.2, -0.15) is 0 Å². The molecule has 0 saturated heterocycles. The maximum atomic E-state index is 12.8. The fourth-order valence-electron chi connectivity index (χ4n) is 3.08. The van der Waals surface area contributed by atoms with Crippen LogP contribution >= 0.6 is 11.3 Å². The third-order valence-corrected chi connectivity index (χ3v) is 5.58. The summed E-state index contributed by atoms with van der Waals surface area (Å²) in [6.07, 6.45) is -0.724. The number of amides is 1. The molecule has 1 atom stereocenters.